The van der Waals surface area contributed by atoms with E-state index in [1.807, 2.05) is 13.2 Å². The standard InChI is InChI=1S/C10H19N3O/c1-9(2)11-5-4-6-14-10-7-12-13(3)8-10/h7-9,11H,4-6H2,1-3H3. The lowest BCUT2D eigenvalue weighted by Crippen LogP contribution is -2.24. The van der Waals surface area contributed by atoms with Gasteiger partial charge in [-0.25, -0.2) is 0 Å². The van der Waals surface area contributed by atoms with Gasteiger partial charge in [0, 0.05) is 13.1 Å². The number of hydrogen-bond donors (Lipinski definition) is 1. The van der Waals surface area contributed by atoms with Gasteiger partial charge in [0.1, 0.15) is 0 Å². The lowest BCUT2D eigenvalue weighted by Gasteiger charge is -2.07. The molecule has 0 spiro atoms. The highest BCUT2D eigenvalue weighted by Crippen LogP contribution is 2.06. The molecule has 0 atom stereocenters. The first-order chi connectivity index (χ1) is 6.68. The van der Waals surface area contributed by atoms with E-state index in [2.05, 4.69) is 24.3 Å². The molecule has 0 saturated heterocycles. The van der Waals surface area contributed by atoms with Crippen LogP contribution >= 0.6 is 0 Å². The van der Waals surface area contributed by atoms with Gasteiger partial charge in [-0.3, -0.25) is 4.68 Å². The zero-order chi connectivity index (χ0) is 10.4. The number of nitrogens with one attached hydrogen (secondary N) is 1. The molecule has 0 aliphatic rings. The van der Waals surface area contributed by atoms with Crippen molar-refractivity contribution < 1.29 is 4.74 Å². The lowest BCUT2D eigenvalue weighted by molar-refractivity contribution is 0.306. The van der Waals surface area contributed by atoms with E-state index in [9.17, 15) is 0 Å². The van der Waals surface area contributed by atoms with Gasteiger partial charge in [0.15, 0.2) is 5.75 Å². The summed E-state index contributed by atoms with van der Waals surface area (Å²) in [6, 6.07) is 0.549. The van der Waals surface area contributed by atoms with E-state index < -0.39 is 0 Å². The van der Waals surface area contributed by atoms with Crippen LogP contribution in [0, 0.1) is 0 Å². The van der Waals surface area contributed by atoms with E-state index in [0.29, 0.717) is 6.04 Å². The van der Waals surface area contributed by atoms with Gasteiger partial charge in [0.25, 0.3) is 0 Å². The van der Waals surface area contributed by atoms with Crippen molar-refractivity contribution in [3.8, 4) is 5.75 Å². The van der Waals surface area contributed by atoms with Crippen molar-refractivity contribution in [1.82, 2.24) is 15.1 Å². The topological polar surface area (TPSA) is 39.1 Å². The molecule has 0 unspecified atom stereocenters. The van der Waals surface area contributed by atoms with Gasteiger partial charge < -0.3 is 10.1 Å². The van der Waals surface area contributed by atoms with Crippen LogP contribution in [0.15, 0.2) is 12.4 Å². The zero-order valence-electron chi connectivity index (χ0n) is 9.16. The summed E-state index contributed by atoms with van der Waals surface area (Å²) in [6.07, 6.45) is 4.62. The summed E-state index contributed by atoms with van der Waals surface area (Å²) >= 11 is 0. The highest BCUT2D eigenvalue weighted by Gasteiger charge is 1.96. The lowest BCUT2D eigenvalue weighted by atomic mass is 10.3. The highest BCUT2D eigenvalue weighted by molar-refractivity contribution is 5.10. The summed E-state index contributed by atoms with van der Waals surface area (Å²) in [6.45, 7) is 6.02. The molecule has 1 aromatic rings. The van der Waals surface area contributed by atoms with Gasteiger partial charge in [0.05, 0.1) is 19.0 Å². The number of hydrogen-bond acceptors (Lipinski definition) is 3. The van der Waals surface area contributed by atoms with Crippen LogP contribution in [0.5, 0.6) is 5.75 Å². The van der Waals surface area contributed by atoms with Gasteiger partial charge in [-0.2, -0.15) is 5.10 Å². The molecule has 1 aromatic heterocycles. The third-order valence-electron chi connectivity index (χ3n) is 1.82. The van der Waals surface area contributed by atoms with Crippen LogP contribution in [0.2, 0.25) is 0 Å². The quantitative estimate of drug-likeness (QED) is 0.696. The average molecular weight is 197 g/mol. The van der Waals surface area contributed by atoms with Crippen molar-refractivity contribution in [3.63, 3.8) is 0 Å². The second kappa shape index (κ2) is 5.65. The summed E-state index contributed by atoms with van der Waals surface area (Å²) in [4.78, 5) is 0. The van der Waals surface area contributed by atoms with Crippen LogP contribution in [0.4, 0.5) is 0 Å². The molecule has 0 aliphatic carbocycles. The molecule has 0 saturated carbocycles. The van der Waals surface area contributed by atoms with Gasteiger partial charge >= 0.3 is 0 Å². The SMILES string of the molecule is CC(C)NCCCOc1cnn(C)c1. The van der Waals surface area contributed by atoms with Crippen LogP contribution in [0.1, 0.15) is 20.3 Å². The largest absolute Gasteiger partial charge is 0.490 e. The van der Waals surface area contributed by atoms with Crippen LogP contribution in [0.3, 0.4) is 0 Å². The van der Waals surface area contributed by atoms with Crippen molar-refractivity contribution in [3.05, 3.63) is 12.4 Å². The average Bonchev–Trinajstić information content (AvgIpc) is 2.50. The van der Waals surface area contributed by atoms with Crippen molar-refractivity contribution in [2.24, 2.45) is 7.05 Å². The van der Waals surface area contributed by atoms with Crippen molar-refractivity contribution in [2.75, 3.05) is 13.2 Å². The zero-order valence-corrected chi connectivity index (χ0v) is 9.16. The maximum atomic E-state index is 5.49. The third kappa shape index (κ3) is 4.28. The van der Waals surface area contributed by atoms with Crippen LogP contribution in [0.25, 0.3) is 0 Å². The second-order valence-corrected chi connectivity index (χ2v) is 3.66. The van der Waals surface area contributed by atoms with Crippen LogP contribution in [-0.4, -0.2) is 29.0 Å². The van der Waals surface area contributed by atoms with Crippen molar-refractivity contribution in [1.29, 1.82) is 0 Å². The molecule has 0 aliphatic heterocycles. The fraction of sp³-hybridized carbons (Fsp3) is 0.700. The summed E-state index contributed by atoms with van der Waals surface area (Å²) in [5, 5.41) is 7.36. The molecule has 0 fully saturated rings. The Hall–Kier alpha value is -1.03. The molecule has 4 nitrogen and oxygen atoms in total. The minimum absolute atomic E-state index is 0.549. The molecule has 0 aromatic carbocycles. The van der Waals surface area contributed by atoms with Crippen molar-refractivity contribution in [2.45, 2.75) is 26.3 Å². The molecule has 4 heteroatoms. The molecule has 0 bridgehead atoms. The molecule has 1 rings (SSSR count). The number of rotatable bonds is 6. The highest BCUT2D eigenvalue weighted by atomic mass is 16.5. The molecule has 1 heterocycles. The fourth-order valence-electron chi connectivity index (χ4n) is 1.13. The fourth-order valence-corrected chi connectivity index (χ4v) is 1.13. The molecular weight excluding hydrogens is 178 g/mol. The summed E-state index contributed by atoms with van der Waals surface area (Å²) in [7, 11) is 1.88. The Labute approximate surface area is 85.3 Å². The minimum Gasteiger partial charge on any atom is -0.490 e. The van der Waals surface area contributed by atoms with E-state index in [4.69, 9.17) is 4.74 Å². The predicted molar refractivity (Wildman–Crippen MR) is 56.5 cm³/mol. The Balaban J connectivity index is 2.04. The minimum atomic E-state index is 0.549. The first kappa shape index (κ1) is 11.0. The van der Waals surface area contributed by atoms with E-state index in [0.717, 1.165) is 25.3 Å². The molecule has 0 amide bonds. The van der Waals surface area contributed by atoms with E-state index >= 15 is 0 Å². The maximum Gasteiger partial charge on any atom is 0.157 e. The van der Waals surface area contributed by atoms with E-state index in [1.54, 1.807) is 10.9 Å². The van der Waals surface area contributed by atoms with Crippen molar-refractivity contribution >= 4 is 0 Å². The normalized spacial score (nSPS) is 10.9. The molecule has 14 heavy (non-hydrogen) atoms. The molecule has 1 N–H and O–H groups in total. The van der Waals surface area contributed by atoms with Gasteiger partial charge in [-0.15, -0.1) is 0 Å². The molecule has 80 valence electrons. The van der Waals surface area contributed by atoms with E-state index in [-0.39, 0.29) is 0 Å². The Morgan fingerprint density at radius 2 is 2.36 bits per heavy atom. The Morgan fingerprint density at radius 1 is 1.57 bits per heavy atom. The van der Waals surface area contributed by atoms with Gasteiger partial charge in [0.2, 0.25) is 0 Å². The second-order valence-electron chi connectivity index (χ2n) is 3.66. The van der Waals surface area contributed by atoms with Crippen LogP contribution < -0.4 is 10.1 Å². The Morgan fingerprint density at radius 3 is 2.93 bits per heavy atom. The summed E-state index contributed by atoms with van der Waals surface area (Å²) < 4.78 is 7.22. The number of ether oxygens (including phenoxy) is 1. The maximum absolute atomic E-state index is 5.49. The monoisotopic (exact) mass is 197 g/mol. The molecule has 0 radical (unpaired) electrons. The summed E-state index contributed by atoms with van der Waals surface area (Å²) in [5.74, 6) is 0.844. The van der Waals surface area contributed by atoms with Gasteiger partial charge in [-0.05, 0) is 13.0 Å². The summed E-state index contributed by atoms with van der Waals surface area (Å²) in [5.41, 5.74) is 0. The van der Waals surface area contributed by atoms with Gasteiger partial charge in [-0.1, -0.05) is 13.8 Å². The third-order valence-corrected chi connectivity index (χ3v) is 1.82. The number of aryl methyl sites for hydroxylation is 1. The Bertz CT molecular complexity index is 258. The first-order valence-electron chi connectivity index (χ1n) is 5.03. The predicted octanol–water partition coefficient (Wildman–Crippen LogP) is 1.19. The van der Waals surface area contributed by atoms with E-state index in [1.165, 1.54) is 0 Å². The first-order valence-corrected chi connectivity index (χ1v) is 5.03. The number of nitrogens with zero attached hydrogens (tertiary/aromatic N) is 2. The Kier molecular flexibility index (Phi) is 4.46. The molecular formula is C10H19N3O. The van der Waals surface area contributed by atoms with Crippen LogP contribution in [-0.2, 0) is 7.05 Å². The number of aromatic nitrogens is 2. The smallest absolute Gasteiger partial charge is 0.157 e.